The van der Waals surface area contributed by atoms with Gasteiger partial charge in [-0.15, -0.1) is 11.3 Å². The van der Waals surface area contributed by atoms with Crippen molar-refractivity contribution in [1.82, 2.24) is 0 Å². The zero-order chi connectivity index (χ0) is 43.3. The van der Waals surface area contributed by atoms with Crippen LogP contribution < -0.4 is 25.5 Å². The number of benzene rings is 5. The molecule has 0 bridgehead atoms. The van der Waals surface area contributed by atoms with Gasteiger partial charge in [-0.05, 0) is 158 Å². The minimum absolute atomic E-state index is 0.0650. The van der Waals surface area contributed by atoms with Crippen molar-refractivity contribution in [2.24, 2.45) is 0 Å². The van der Waals surface area contributed by atoms with Gasteiger partial charge in [-0.2, -0.15) is 0 Å². The van der Waals surface area contributed by atoms with Gasteiger partial charge in [0.25, 0.3) is 6.71 Å². The third-order valence-electron chi connectivity index (χ3n) is 16.5. The van der Waals surface area contributed by atoms with Crippen LogP contribution in [0.15, 0.2) is 72.8 Å². The first-order valence-corrected chi connectivity index (χ1v) is 24.0. The van der Waals surface area contributed by atoms with Crippen molar-refractivity contribution in [2.45, 2.75) is 162 Å². The first-order valence-electron chi connectivity index (χ1n) is 23.2. The van der Waals surface area contributed by atoms with Gasteiger partial charge in [0, 0.05) is 43.0 Å². The third-order valence-corrected chi connectivity index (χ3v) is 17.7. The van der Waals surface area contributed by atoms with Gasteiger partial charge in [0.05, 0.1) is 11.4 Å². The number of hydrogen-bond donors (Lipinski definition) is 0. The van der Waals surface area contributed by atoms with Crippen molar-refractivity contribution < 1.29 is 0 Å². The van der Waals surface area contributed by atoms with Crippen LogP contribution in [0.5, 0.6) is 0 Å². The molecule has 2 nitrogen and oxygen atoms in total. The molecule has 0 saturated heterocycles. The minimum atomic E-state index is -0.0938. The van der Waals surface area contributed by atoms with E-state index in [9.17, 15) is 0 Å². The number of aryl methyl sites for hydroxylation is 2. The zero-order valence-electron chi connectivity index (χ0n) is 39.6. The van der Waals surface area contributed by atoms with Crippen LogP contribution >= 0.6 is 11.3 Å². The number of anilines is 6. The Bertz CT molecular complexity index is 2920. The standard InChI is InChI=1S/C57H65BN2S/c1-32-16-21-46-36(26-32)49-51(61-46)58-41-19-18-37-47-50(41)60(43-31-39-38(55(11,12)22-23-56(39,13)14)30-40(43)57(47,15)25-24-54(37,9)10)45-29-35(53(6,7)8)28-44(48(45)58)59(49)42-20-17-34(27-33(42)2)52(3,4)5/h16-21,26-31H,22-25H2,1-15H3. The average Bonchev–Trinajstić information content (AvgIpc) is 3.55. The summed E-state index contributed by atoms with van der Waals surface area (Å²) < 4.78 is 2.85. The maximum atomic E-state index is 2.82. The number of thiophene rings is 1. The van der Waals surface area contributed by atoms with Gasteiger partial charge in [-0.3, -0.25) is 0 Å². The summed E-state index contributed by atoms with van der Waals surface area (Å²) in [6.07, 6.45) is 4.76. The molecule has 4 heteroatoms. The van der Waals surface area contributed by atoms with E-state index < -0.39 is 0 Å². The molecule has 61 heavy (non-hydrogen) atoms. The third kappa shape index (κ3) is 5.27. The summed E-state index contributed by atoms with van der Waals surface area (Å²) in [5, 5.41) is 1.37. The van der Waals surface area contributed by atoms with Gasteiger partial charge in [0.1, 0.15) is 0 Å². The molecule has 0 fully saturated rings. The first kappa shape index (κ1) is 39.6. The maximum Gasteiger partial charge on any atom is 0.264 e. The summed E-state index contributed by atoms with van der Waals surface area (Å²) in [6.45, 7) is 36.6. The highest BCUT2D eigenvalue weighted by molar-refractivity contribution is 7.33. The van der Waals surface area contributed by atoms with Crippen LogP contribution in [0.4, 0.5) is 34.1 Å². The Labute approximate surface area is 370 Å². The summed E-state index contributed by atoms with van der Waals surface area (Å²) in [5.41, 5.74) is 24.6. The summed E-state index contributed by atoms with van der Waals surface area (Å²) >= 11 is 2.03. The number of rotatable bonds is 1. The van der Waals surface area contributed by atoms with Crippen molar-refractivity contribution in [1.29, 1.82) is 0 Å². The topological polar surface area (TPSA) is 6.48 Å². The van der Waals surface area contributed by atoms with E-state index in [1.807, 2.05) is 11.3 Å². The molecule has 11 rings (SSSR count). The fourth-order valence-corrected chi connectivity index (χ4v) is 13.7. The van der Waals surface area contributed by atoms with E-state index in [2.05, 4.69) is 186 Å². The summed E-state index contributed by atoms with van der Waals surface area (Å²) in [7, 11) is 0. The van der Waals surface area contributed by atoms with Crippen molar-refractivity contribution in [3.8, 4) is 0 Å². The Hall–Kier alpha value is -4.28. The summed E-state index contributed by atoms with van der Waals surface area (Å²) in [4.78, 5) is 5.53. The van der Waals surface area contributed by atoms with Gasteiger partial charge in [0.2, 0.25) is 0 Å². The number of fused-ring (bicyclic) bond motifs is 10. The Morgan fingerprint density at radius 2 is 1.15 bits per heavy atom. The molecule has 3 aliphatic heterocycles. The fraction of sp³-hybridized carbons (Fsp3) is 0.439. The van der Waals surface area contributed by atoms with E-state index in [0.29, 0.717) is 0 Å². The Morgan fingerprint density at radius 1 is 0.541 bits per heavy atom. The van der Waals surface area contributed by atoms with E-state index in [1.54, 1.807) is 22.3 Å². The molecular weight excluding hydrogens is 756 g/mol. The molecule has 2 aliphatic carbocycles. The summed E-state index contributed by atoms with van der Waals surface area (Å²) in [5.74, 6) is 0. The number of hydrogen-bond acceptors (Lipinski definition) is 3. The van der Waals surface area contributed by atoms with E-state index in [0.717, 1.165) is 6.42 Å². The van der Waals surface area contributed by atoms with Gasteiger partial charge in [-0.25, -0.2) is 0 Å². The van der Waals surface area contributed by atoms with Crippen LogP contribution in [0.2, 0.25) is 0 Å². The monoisotopic (exact) mass is 820 g/mol. The highest BCUT2D eigenvalue weighted by atomic mass is 32.1. The molecule has 0 spiro atoms. The first-order chi connectivity index (χ1) is 28.4. The molecule has 0 radical (unpaired) electrons. The van der Waals surface area contributed by atoms with E-state index in [1.165, 1.54) is 107 Å². The van der Waals surface area contributed by atoms with Crippen molar-refractivity contribution in [2.75, 3.05) is 9.80 Å². The Morgan fingerprint density at radius 3 is 1.79 bits per heavy atom. The molecule has 5 aromatic carbocycles. The van der Waals surface area contributed by atoms with E-state index in [4.69, 9.17) is 0 Å². The average molecular weight is 821 g/mol. The number of nitrogens with zero attached hydrogens (tertiary/aromatic N) is 2. The van der Waals surface area contributed by atoms with Crippen LogP contribution in [0.1, 0.15) is 166 Å². The van der Waals surface area contributed by atoms with Crippen molar-refractivity contribution in [3.05, 3.63) is 123 Å². The van der Waals surface area contributed by atoms with E-state index >= 15 is 0 Å². The summed E-state index contributed by atoms with van der Waals surface area (Å²) in [6, 6.07) is 30.3. The van der Waals surface area contributed by atoms with Crippen LogP contribution in [0.3, 0.4) is 0 Å². The Balaban J connectivity index is 1.32. The second-order valence-corrected chi connectivity index (χ2v) is 25.3. The molecule has 1 unspecified atom stereocenters. The molecule has 1 atom stereocenters. The lowest BCUT2D eigenvalue weighted by molar-refractivity contribution is 0.327. The highest BCUT2D eigenvalue weighted by Crippen LogP contribution is 2.63. The van der Waals surface area contributed by atoms with Crippen molar-refractivity contribution >= 4 is 78.0 Å². The molecule has 0 amide bonds. The largest absolute Gasteiger partial charge is 0.311 e. The van der Waals surface area contributed by atoms with Crippen LogP contribution in [0, 0.1) is 13.8 Å². The molecule has 4 heterocycles. The lowest BCUT2D eigenvalue weighted by Gasteiger charge is -2.55. The van der Waals surface area contributed by atoms with Crippen LogP contribution in [-0.2, 0) is 32.5 Å². The second kappa shape index (κ2) is 12.0. The minimum Gasteiger partial charge on any atom is -0.311 e. The SMILES string of the molecule is Cc1ccc2sc3c(c2c1)N(c1ccc(C(C)(C)C)cc1C)c1cc(C(C)(C)C)cc2c1B3c1ccc3c4c1N2c1cc2c(cc1C4(C)CCC3(C)C)C(C)(C)CCC2(C)C. The lowest BCUT2D eigenvalue weighted by atomic mass is 9.35. The normalized spacial score (nSPS) is 21.1. The van der Waals surface area contributed by atoms with Crippen molar-refractivity contribution in [3.63, 3.8) is 0 Å². The molecule has 1 aromatic heterocycles. The fourth-order valence-electron chi connectivity index (χ4n) is 12.4. The molecule has 0 N–H and O–H groups in total. The van der Waals surface area contributed by atoms with Gasteiger partial charge >= 0.3 is 0 Å². The maximum absolute atomic E-state index is 2.82. The molecule has 312 valence electrons. The molecule has 5 aliphatic rings. The van der Waals surface area contributed by atoms with Gasteiger partial charge in [-0.1, -0.05) is 132 Å². The molecular formula is C57H65BN2S. The zero-order valence-corrected chi connectivity index (χ0v) is 40.5. The van der Waals surface area contributed by atoms with Crippen LogP contribution in [0.25, 0.3) is 10.1 Å². The van der Waals surface area contributed by atoms with E-state index in [-0.39, 0.29) is 39.2 Å². The van der Waals surface area contributed by atoms with Gasteiger partial charge in [0.15, 0.2) is 0 Å². The molecule has 0 saturated carbocycles. The van der Waals surface area contributed by atoms with Gasteiger partial charge < -0.3 is 9.80 Å². The van der Waals surface area contributed by atoms with Crippen LogP contribution in [-0.4, -0.2) is 6.71 Å². The predicted molar refractivity (Wildman–Crippen MR) is 267 cm³/mol. The predicted octanol–water partition coefficient (Wildman–Crippen LogP) is 14.2. The quantitative estimate of drug-likeness (QED) is 0.152. The Kier molecular flexibility index (Phi) is 7.81. The second-order valence-electron chi connectivity index (χ2n) is 24.2. The lowest BCUT2D eigenvalue weighted by Crippen LogP contribution is -2.62. The smallest absolute Gasteiger partial charge is 0.264 e. The molecule has 6 aromatic rings. The highest BCUT2D eigenvalue weighted by Gasteiger charge is 2.55.